The smallest absolute Gasteiger partial charge is 0.241 e. The molecule has 18 heavy (non-hydrogen) atoms. The van der Waals surface area contributed by atoms with Crippen molar-refractivity contribution in [3.8, 4) is 11.4 Å². The average molecular weight is 280 g/mol. The Morgan fingerprint density at radius 1 is 1.33 bits per heavy atom. The van der Waals surface area contributed by atoms with Crippen LogP contribution in [-0.4, -0.2) is 22.8 Å². The molecule has 92 valence electrons. The summed E-state index contributed by atoms with van der Waals surface area (Å²) in [5.74, 6) is 0. The summed E-state index contributed by atoms with van der Waals surface area (Å²) in [7, 11) is -3.79. The normalized spacial score (nSPS) is 12.1. The molecular formula is C10H8N4O2S2. The highest BCUT2D eigenvalue weighted by molar-refractivity contribution is 7.89. The first-order valence-corrected chi connectivity index (χ1v) is 7.44. The number of primary sulfonamides is 1. The Morgan fingerprint density at radius 3 is 2.83 bits per heavy atom. The van der Waals surface area contributed by atoms with Gasteiger partial charge in [-0.25, -0.2) is 23.5 Å². The molecule has 0 saturated carbocycles. The minimum absolute atomic E-state index is 0.00600. The van der Waals surface area contributed by atoms with Crippen molar-refractivity contribution < 1.29 is 8.42 Å². The number of imidazole rings is 1. The van der Waals surface area contributed by atoms with Gasteiger partial charge in [0.05, 0.1) is 5.51 Å². The molecule has 0 spiro atoms. The zero-order valence-electron chi connectivity index (χ0n) is 9.02. The lowest BCUT2D eigenvalue weighted by molar-refractivity contribution is 0.598. The van der Waals surface area contributed by atoms with Gasteiger partial charge in [-0.05, 0) is 12.1 Å². The van der Waals surface area contributed by atoms with E-state index in [0.29, 0.717) is 17.0 Å². The molecule has 0 fully saturated rings. The summed E-state index contributed by atoms with van der Waals surface area (Å²) in [6.45, 7) is 0. The molecule has 0 aromatic carbocycles. The van der Waals surface area contributed by atoms with E-state index >= 15 is 0 Å². The van der Waals surface area contributed by atoms with E-state index in [-0.39, 0.29) is 4.90 Å². The van der Waals surface area contributed by atoms with Crippen LogP contribution in [0.4, 0.5) is 0 Å². The fraction of sp³-hybridized carbons (Fsp3) is 0. The summed E-state index contributed by atoms with van der Waals surface area (Å²) in [5, 5.41) is 7.00. The Hall–Kier alpha value is -1.77. The predicted molar refractivity (Wildman–Crippen MR) is 67.7 cm³/mol. The Kier molecular flexibility index (Phi) is 2.44. The number of thiazole rings is 1. The van der Waals surface area contributed by atoms with Crippen molar-refractivity contribution in [2.75, 3.05) is 0 Å². The summed E-state index contributed by atoms with van der Waals surface area (Å²) < 4.78 is 24.5. The average Bonchev–Trinajstić information content (AvgIpc) is 2.95. The number of hydrogen-bond donors (Lipinski definition) is 1. The number of fused-ring (bicyclic) bond motifs is 1. The number of hydrogen-bond acceptors (Lipinski definition) is 5. The maximum atomic E-state index is 11.5. The molecule has 0 aliphatic carbocycles. The van der Waals surface area contributed by atoms with Gasteiger partial charge in [0, 0.05) is 17.8 Å². The summed E-state index contributed by atoms with van der Waals surface area (Å²) in [5.41, 5.74) is 3.33. The Bertz CT molecular complexity index is 806. The molecule has 3 heterocycles. The molecule has 3 aromatic rings. The number of aromatic nitrogens is 3. The van der Waals surface area contributed by atoms with Crippen LogP contribution in [-0.2, 0) is 10.0 Å². The molecule has 0 atom stereocenters. The van der Waals surface area contributed by atoms with Gasteiger partial charge in [0.1, 0.15) is 16.3 Å². The third-order valence-electron chi connectivity index (χ3n) is 2.45. The highest BCUT2D eigenvalue weighted by atomic mass is 32.2. The molecule has 0 amide bonds. The molecule has 8 heteroatoms. The Morgan fingerprint density at radius 2 is 2.17 bits per heavy atom. The van der Waals surface area contributed by atoms with E-state index in [1.165, 1.54) is 17.4 Å². The standard InChI is InChI=1S/C10H8N4O2S2/c11-18(15,16)9-2-1-3-14-4-7(13-10(9)14)8-5-17-6-12-8/h1-6H,(H2,11,15,16). The monoisotopic (exact) mass is 280 g/mol. The summed E-state index contributed by atoms with van der Waals surface area (Å²) in [6.07, 6.45) is 3.44. The second-order valence-electron chi connectivity index (χ2n) is 3.65. The second-order valence-corrected chi connectivity index (χ2v) is 5.90. The predicted octanol–water partition coefficient (Wildman–Crippen LogP) is 1.11. The van der Waals surface area contributed by atoms with E-state index in [1.807, 2.05) is 5.38 Å². The summed E-state index contributed by atoms with van der Waals surface area (Å²) >= 11 is 1.45. The zero-order valence-corrected chi connectivity index (χ0v) is 10.6. The minimum atomic E-state index is -3.79. The van der Waals surface area contributed by atoms with Gasteiger partial charge in [0.15, 0.2) is 5.65 Å². The van der Waals surface area contributed by atoms with Gasteiger partial charge in [-0.2, -0.15) is 0 Å². The topological polar surface area (TPSA) is 90.4 Å². The van der Waals surface area contributed by atoms with Crippen LogP contribution < -0.4 is 5.14 Å². The summed E-state index contributed by atoms with van der Waals surface area (Å²) in [4.78, 5) is 8.41. The van der Waals surface area contributed by atoms with Gasteiger partial charge in [-0.15, -0.1) is 11.3 Å². The lowest BCUT2D eigenvalue weighted by atomic mass is 10.4. The third kappa shape index (κ3) is 1.80. The third-order valence-corrected chi connectivity index (χ3v) is 3.97. The van der Waals surface area contributed by atoms with Crippen LogP contribution in [0.1, 0.15) is 0 Å². The van der Waals surface area contributed by atoms with Crippen LogP contribution >= 0.6 is 11.3 Å². The van der Waals surface area contributed by atoms with Crippen molar-refractivity contribution in [3.63, 3.8) is 0 Å². The van der Waals surface area contributed by atoms with E-state index in [0.717, 1.165) is 0 Å². The molecule has 0 aliphatic heterocycles. The highest BCUT2D eigenvalue weighted by Gasteiger charge is 2.16. The second kappa shape index (κ2) is 3.87. The number of rotatable bonds is 2. The van der Waals surface area contributed by atoms with Crippen molar-refractivity contribution in [3.05, 3.63) is 35.4 Å². The van der Waals surface area contributed by atoms with Crippen molar-refractivity contribution in [1.82, 2.24) is 14.4 Å². The summed E-state index contributed by atoms with van der Waals surface area (Å²) in [6, 6.07) is 3.04. The Balaban J connectivity index is 2.31. The van der Waals surface area contributed by atoms with Crippen LogP contribution in [0.2, 0.25) is 0 Å². The SMILES string of the molecule is NS(=O)(=O)c1cccn2cc(-c3cscn3)nc12. The molecule has 0 unspecified atom stereocenters. The fourth-order valence-electron chi connectivity index (χ4n) is 1.67. The lowest BCUT2D eigenvalue weighted by Gasteiger charge is -1.99. The molecule has 2 N–H and O–H groups in total. The first-order chi connectivity index (χ1) is 8.55. The minimum Gasteiger partial charge on any atom is -0.305 e. The van der Waals surface area contributed by atoms with Crippen molar-refractivity contribution in [2.45, 2.75) is 4.90 Å². The van der Waals surface area contributed by atoms with Gasteiger partial charge in [0.25, 0.3) is 0 Å². The number of sulfonamides is 1. The highest BCUT2D eigenvalue weighted by Crippen LogP contribution is 2.21. The zero-order chi connectivity index (χ0) is 12.8. The van der Waals surface area contributed by atoms with E-state index in [4.69, 9.17) is 5.14 Å². The maximum Gasteiger partial charge on any atom is 0.241 e. The van der Waals surface area contributed by atoms with Gasteiger partial charge in [-0.3, -0.25) is 0 Å². The van der Waals surface area contributed by atoms with E-state index < -0.39 is 10.0 Å². The van der Waals surface area contributed by atoms with Gasteiger partial charge in [0.2, 0.25) is 10.0 Å². The molecule has 0 bridgehead atoms. The van der Waals surface area contributed by atoms with Crippen molar-refractivity contribution in [2.24, 2.45) is 5.14 Å². The van der Waals surface area contributed by atoms with Crippen LogP contribution in [0.25, 0.3) is 17.0 Å². The van der Waals surface area contributed by atoms with Crippen LogP contribution in [0.5, 0.6) is 0 Å². The van der Waals surface area contributed by atoms with Crippen molar-refractivity contribution in [1.29, 1.82) is 0 Å². The fourth-order valence-corrected chi connectivity index (χ4v) is 2.89. The van der Waals surface area contributed by atoms with Crippen molar-refractivity contribution >= 4 is 27.0 Å². The van der Waals surface area contributed by atoms with Crippen LogP contribution in [0.3, 0.4) is 0 Å². The molecular weight excluding hydrogens is 272 g/mol. The molecule has 3 rings (SSSR count). The first kappa shape index (κ1) is 11.3. The largest absolute Gasteiger partial charge is 0.305 e. The molecule has 0 radical (unpaired) electrons. The molecule has 3 aromatic heterocycles. The van der Waals surface area contributed by atoms with Gasteiger partial charge >= 0.3 is 0 Å². The van der Waals surface area contributed by atoms with Gasteiger partial charge < -0.3 is 4.40 Å². The maximum absolute atomic E-state index is 11.5. The quantitative estimate of drug-likeness (QED) is 0.761. The number of nitrogens with zero attached hydrogens (tertiary/aromatic N) is 3. The van der Waals surface area contributed by atoms with E-state index in [2.05, 4.69) is 9.97 Å². The van der Waals surface area contributed by atoms with Gasteiger partial charge in [-0.1, -0.05) is 0 Å². The molecule has 6 nitrogen and oxygen atoms in total. The number of pyridine rings is 1. The van der Waals surface area contributed by atoms with Crippen LogP contribution in [0, 0.1) is 0 Å². The molecule has 0 saturated heterocycles. The van der Waals surface area contributed by atoms with Crippen LogP contribution in [0.15, 0.2) is 40.3 Å². The lowest BCUT2D eigenvalue weighted by Crippen LogP contribution is -2.13. The first-order valence-electron chi connectivity index (χ1n) is 4.95. The molecule has 0 aliphatic rings. The van der Waals surface area contributed by atoms with E-state index in [1.54, 1.807) is 28.4 Å². The Labute approximate surface area is 107 Å². The van der Waals surface area contributed by atoms with E-state index in [9.17, 15) is 8.42 Å². The number of nitrogens with two attached hydrogens (primary N) is 1.